The molecule has 0 atom stereocenters. The van der Waals surface area contributed by atoms with Gasteiger partial charge in [-0.1, -0.05) is 11.6 Å². The largest absolute Gasteiger partial charge is 0.478 e. The van der Waals surface area contributed by atoms with Crippen molar-refractivity contribution >= 4 is 29.2 Å². The molecule has 0 aliphatic rings. The zero-order valence-corrected chi connectivity index (χ0v) is 11.5. The number of halogens is 1. The van der Waals surface area contributed by atoms with Crippen molar-refractivity contribution in [2.45, 2.75) is 13.8 Å². The highest BCUT2D eigenvalue weighted by molar-refractivity contribution is 6.34. The van der Waals surface area contributed by atoms with Crippen LogP contribution in [0.1, 0.15) is 32.5 Å². The summed E-state index contributed by atoms with van der Waals surface area (Å²) in [6, 6.07) is 4.03. The van der Waals surface area contributed by atoms with Crippen molar-refractivity contribution < 1.29 is 19.1 Å². The molecule has 0 aliphatic carbocycles. The number of anilines is 1. The normalized spacial score (nSPS) is 10.3. The minimum absolute atomic E-state index is 0.0233. The number of carbonyl (C=O) groups excluding carboxylic acids is 1. The summed E-state index contributed by atoms with van der Waals surface area (Å²) in [7, 11) is 0. The van der Waals surface area contributed by atoms with Crippen LogP contribution in [-0.2, 0) is 0 Å². The van der Waals surface area contributed by atoms with Crippen molar-refractivity contribution in [1.29, 1.82) is 0 Å². The summed E-state index contributed by atoms with van der Waals surface area (Å²) in [5.74, 6) is -1.20. The molecule has 0 fully saturated rings. The number of nitrogens with zero attached hydrogens (tertiary/aromatic N) is 1. The maximum absolute atomic E-state index is 12.0. The molecule has 7 heteroatoms. The quantitative estimate of drug-likeness (QED) is 0.908. The number of aromatic nitrogens is 1. The highest BCUT2D eigenvalue weighted by Gasteiger charge is 2.17. The molecule has 2 aromatic rings. The van der Waals surface area contributed by atoms with Crippen molar-refractivity contribution in [3.63, 3.8) is 0 Å². The number of aryl methyl sites for hydroxylation is 2. The average molecular weight is 295 g/mol. The lowest BCUT2D eigenvalue weighted by Gasteiger charge is -2.07. The van der Waals surface area contributed by atoms with Crippen LogP contribution in [0.15, 0.2) is 22.6 Å². The topological polar surface area (TPSA) is 92.4 Å². The average Bonchev–Trinajstić information content (AvgIpc) is 2.71. The Bertz CT molecular complexity index is 694. The van der Waals surface area contributed by atoms with Crippen LogP contribution in [0, 0.1) is 13.8 Å². The Morgan fingerprint density at radius 2 is 2.05 bits per heavy atom. The molecule has 0 unspecified atom stereocenters. The molecule has 0 saturated carbocycles. The number of benzene rings is 1. The van der Waals surface area contributed by atoms with E-state index >= 15 is 0 Å². The molecule has 0 bridgehead atoms. The van der Waals surface area contributed by atoms with Crippen molar-refractivity contribution in [3.8, 4) is 0 Å². The van der Waals surface area contributed by atoms with E-state index in [0.717, 1.165) is 0 Å². The van der Waals surface area contributed by atoms with E-state index in [1.165, 1.54) is 18.2 Å². The van der Waals surface area contributed by atoms with E-state index < -0.39 is 11.9 Å². The first-order valence-electron chi connectivity index (χ1n) is 5.66. The Hall–Kier alpha value is -2.34. The molecule has 104 valence electrons. The Morgan fingerprint density at radius 1 is 1.35 bits per heavy atom. The molecule has 1 aromatic heterocycles. The Kier molecular flexibility index (Phi) is 3.76. The van der Waals surface area contributed by atoms with Gasteiger partial charge in [0.2, 0.25) is 5.76 Å². The van der Waals surface area contributed by atoms with Crippen LogP contribution in [0.4, 0.5) is 5.69 Å². The molecular weight excluding hydrogens is 284 g/mol. The van der Waals surface area contributed by atoms with Crippen LogP contribution in [0.3, 0.4) is 0 Å². The molecule has 2 N–H and O–H groups in total. The van der Waals surface area contributed by atoms with Crippen LogP contribution >= 0.6 is 11.6 Å². The smallest absolute Gasteiger partial charge is 0.335 e. The fourth-order valence-corrected chi connectivity index (χ4v) is 1.84. The standard InChI is InChI=1S/C13H11ClN2O4/c1-6-11(20-7(2)15-6)12(17)16-10-5-8(13(18)19)3-4-9(10)14/h3-5H,1-2H3,(H,16,17)(H,18,19). The van der Waals surface area contributed by atoms with Crippen LogP contribution in [0.2, 0.25) is 5.02 Å². The maximum Gasteiger partial charge on any atom is 0.335 e. The monoisotopic (exact) mass is 294 g/mol. The fraction of sp³-hybridized carbons (Fsp3) is 0.154. The van der Waals surface area contributed by atoms with E-state index in [0.29, 0.717) is 11.6 Å². The SMILES string of the molecule is Cc1nc(C)c(C(=O)Nc2cc(C(=O)O)ccc2Cl)o1. The summed E-state index contributed by atoms with van der Waals surface area (Å²) in [4.78, 5) is 26.9. The number of aromatic carboxylic acids is 1. The molecule has 1 amide bonds. The van der Waals surface area contributed by atoms with Crippen molar-refractivity contribution in [1.82, 2.24) is 4.98 Å². The number of carboxylic acid groups (broad SMARTS) is 1. The predicted octanol–water partition coefficient (Wildman–Crippen LogP) is 2.90. The molecule has 2 rings (SSSR count). The van der Waals surface area contributed by atoms with Gasteiger partial charge in [-0.05, 0) is 25.1 Å². The van der Waals surface area contributed by atoms with E-state index in [-0.39, 0.29) is 22.0 Å². The van der Waals surface area contributed by atoms with E-state index in [1.807, 2.05) is 0 Å². The van der Waals surface area contributed by atoms with Crippen molar-refractivity contribution in [2.24, 2.45) is 0 Å². The van der Waals surface area contributed by atoms with Crippen LogP contribution in [-0.4, -0.2) is 22.0 Å². The lowest BCUT2D eigenvalue weighted by molar-refractivity contribution is 0.0696. The number of carboxylic acids is 1. The van der Waals surface area contributed by atoms with Crippen LogP contribution < -0.4 is 5.32 Å². The van der Waals surface area contributed by atoms with E-state index in [1.54, 1.807) is 13.8 Å². The van der Waals surface area contributed by atoms with Gasteiger partial charge in [-0.2, -0.15) is 0 Å². The number of oxazole rings is 1. The number of nitrogens with one attached hydrogen (secondary N) is 1. The number of hydrogen-bond acceptors (Lipinski definition) is 4. The van der Waals surface area contributed by atoms with Gasteiger partial charge in [-0.3, -0.25) is 4.79 Å². The summed E-state index contributed by atoms with van der Waals surface area (Å²) in [5.41, 5.74) is 0.672. The fourth-order valence-electron chi connectivity index (χ4n) is 1.68. The minimum atomic E-state index is -1.11. The minimum Gasteiger partial charge on any atom is -0.478 e. The number of rotatable bonds is 3. The van der Waals surface area contributed by atoms with Crippen molar-refractivity contribution in [3.05, 3.63) is 46.1 Å². The third-order valence-corrected chi connectivity index (χ3v) is 2.90. The Morgan fingerprint density at radius 3 is 2.60 bits per heavy atom. The van der Waals surface area contributed by atoms with Crippen LogP contribution in [0.25, 0.3) is 0 Å². The lowest BCUT2D eigenvalue weighted by atomic mass is 10.2. The predicted molar refractivity (Wildman–Crippen MR) is 72.3 cm³/mol. The lowest BCUT2D eigenvalue weighted by Crippen LogP contribution is -2.13. The van der Waals surface area contributed by atoms with Gasteiger partial charge in [-0.25, -0.2) is 9.78 Å². The molecule has 1 heterocycles. The second-order valence-corrected chi connectivity index (χ2v) is 4.51. The molecule has 0 radical (unpaired) electrons. The molecule has 0 saturated heterocycles. The Balaban J connectivity index is 2.30. The zero-order chi connectivity index (χ0) is 14.9. The van der Waals surface area contributed by atoms with E-state index in [9.17, 15) is 9.59 Å². The highest BCUT2D eigenvalue weighted by Crippen LogP contribution is 2.24. The first kappa shape index (κ1) is 14.1. The third kappa shape index (κ3) is 2.80. The first-order valence-corrected chi connectivity index (χ1v) is 6.04. The first-order chi connectivity index (χ1) is 9.38. The number of hydrogen-bond donors (Lipinski definition) is 2. The van der Waals surface area contributed by atoms with E-state index in [2.05, 4.69) is 10.3 Å². The number of amides is 1. The van der Waals surface area contributed by atoms with Gasteiger partial charge in [0.15, 0.2) is 5.89 Å². The second-order valence-electron chi connectivity index (χ2n) is 4.10. The van der Waals surface area contributed by atoms with Gasteiger partial charge >= 0.3 is 5.97 Å². The van der Waals surface area contributed by atoms with Gasteiger partial charge in [0, 0.05) is 6.92 Å². The van der Waals surface area contributed by atoms with Crippen molar-refractivity contribution in [2.75, 3.05) is 5.32 Å². The number of carbonyl (C=O) groups is 2. The maximum atomic E-state index is 12.0. The van der Waals surface area contributed by atoms with Gasteiger partial charge < -0.3 is 14.8 Å². The van der Waals surface area contributed by atoms with Gasteiger partial charge in [-0.15, -0.1) is 0 Å². The van der Waals surface area contributed by atoms with Gasteiger partial charge in [0.1, 0.15) is 0 Å². The van der Waals surface area contributed by atoms with Gasteiger partial charge in [0.25, 0.3) is 5.91 Å². The summed E-state index contributed by atoms with van der Waals surface area (Å²) in [6.07, 6.45) is 0. The molecule has 1 aromatic carbocycles. The molecular formula is C13H11ClN2O4. The summed E-state index contributed by atoms with van der Waals surface area (Å²) < 4.78 is 5.18. The van der Waals surface area contributed by atoms with E-state index in [4.69, 9.17) is 21.1 Å². The summed E-state index contributed by atoms with van der Waals surface area (Å²) in [5, 5.41) is 11.7. The summed E-state index contributed by atoms with van der Waals surface area (Å²) >= 11 is 5.92. The molecule has 0 spiro atoms. The summed E-state index contributed by atoms with van der Waals surface area (Å²) in [6.45, 7) is 3.27. The third-order valence-electron chi connectivity index (χ3n) is 2.57. The molecule has 0 aliphatic heterocycles. The second kappa shape index (κ2) is 5.34. The highest BCUT2D eigenvalue weighted by atomic mass is 35.5. The zero-order valence-electron chi connectivity index (χ0n) is 10.7. The molecule has 20 heavy (non-hydrogen) atoms. The van der Waals surface area contributed by atoms with Gasteiger partial charge in [0.05, 0.1) is 22.0 Å². The van der Waals surface area contributed by atoms with Crippen LogP contribution in [0.5, 0.6) is 0 Å². The molecule has 6 nitrogen and oxygen atoms in total. The Labute approximate surface area is 119 Å².